The van der Waals surface area contributed by atoms with E-state index in [-0.39, 0.29) is 10.8 Å². The first-order valence-electron chi connectivity index (χ1n) is 6.97. The zero-order valence-corrected chi connectivity index (χ0v) is 11.2. The minimum absolute atomic E-state index is 0.0951. The second-order valence-electron chi connectivity index (χ2n) is 6.80. The van der Waals surface area contributed by atoms with Crippen LogP contribution in [0.2, 0.25) is 0 Å². The van der Waals surface area contributed by atoms with Crippen molar-refractivity contribution in [3.63, 3.8) is 0 Å². The van der Waals surface area contributed by atoms with Crippen LogP contribution in [0, 0.1) is 16.7 Å². The van der Waals surface area contributed by atoms with Crippen molar-refractivity contribution in [2.45, 2.75) is 52.5 Å². The molecule has 0 spiro atoms. The van der Waals surface area contributed by atoms with E-state index < -0.39 is 0 Å². The Labute approximate surface area is 104 Å². The van der Waals surface area contributed by atoms with Crippen molar-refractivity contribution in [1.82, 2.24) is 5.32 Å². The summed E-state index contributed by atoms with van der Waals surface area (Å²) in [4.78, 5) is 12.6. The van der Waals surface area contributed by atoms with E-state index in [0.29, 0.717) is 17.7 Å². The first kappa shape index (κ1) is 11.5. The fraction of sp³-hybridized carbons (Fsp3) is 0.800. The van der Waals surface area contributed by atoms with Crippen LogP contribution < -0.4 is 5.32 Å². The van der Waals surface area contributed by atoms with Crippen molar-refractivity contribution < 1.29 is 4.79 Å². The summed E-state index contributed by atoms with van der Waals surface area (Å²) in [5.74, 6) is 0.940. The number of ketones is 1. The molecule has 0 aromatic rings. The average Bonchev–Trinajstić information content (AvgIpc) is 2.87. The number of rotatable bonds is 1. The minimum Gasteiger partial charge on any atom is -0.310 e. The van der Waals surface area contributed by atoms with Gasteiger partial charge in [0.1, 0.15) is 0 Å². The maximum Gasteiger partial charge on any atom is 0.165 e. The van der Waals surface area contributed by atoms with Gasteiger partial charge in [0, 0.05) is 11.5 Å². The van der Waals surface area contributed by atoms with Crippen molar-refractivity contribution in [3.05, 3.63) is 11.6 Å². The molecule has 2 heteroatoms. The number of carbonyl (C=O) groups excluding carboxylic acids is 1. The Balaban J connectivity index is 1.96. The Morgan fingerprint density at radius 3 is 2.59 bits per heavy atom. The molecule has 1 aliphatic heterocycles. The molecule has 0 unspecified atom stereocenters. The fourth-order valence-corrected chi connectivity index (χ4v) is 4.19. The van der Waals surface area contributed by atoms with Crippen molar-refractivity contribution in [3.8, 4) is 0 Å². The van der Waals surface area contributed by atoms with Crippen LogP contribution >= 0.6 is 0 Å². The van der Waals surface area contributed by atoms with Gasteiger partial charge < -0.3 is 5.32 Å². The van der Waals surface area contributed by atoms with E-state index in [1.165, 1.54) is 19.3 Å². The first-order valence-corrected chi connectivity index (χ1v) is 6.97. The molecule has 0 aromatic heterocycles. The van der Waals surface area contributed by atoms with Gasteiger partial charge in [-0.05, 0) is 49.1 Å². The summed E-state index contributed by atoms with van der Waals surface area (Å²) in [7, 11) is 0. The van der Waals surface area contributed by atoms with Gasteiger partial charge in [0.15, 0.2) is 5.78 Å². The summed E-state index contributed by atoms with van der Waals surface area (Å²) >= 11 is 0. The molecule has 3 rings (SSSR count). The molecule has 2 aliphatic carbocycles. The Kier molecular flexibility index (Phi) is 2.32. The van der Waals surface area contributed by atoms with E-state index in [1.807, 2.05) is 0 Å². The molecule has 1 saturated heterocycles. The summed E-state index contributed by atoms with van der Waals surface area (Å²) in [5, 5.41) is 3.47. The van der Waals surface area contributed by atoms with Gasteiger partial charge in [0.25, 0.3) is 0 Å². The van der Waals surface area contributed by atoms with Gasteiger partial charge in [-0.3, -0.25) is 4.79 Å². The Morgan fingerprint density at radius 1 is 1.29 bits per heavy atom. The van der Waals surface area contributed by atoms with Gasteiger partial charge in [-0.25, -0.2) is 0 Å². The first-order chi connectivity index (χ1) is 7.97. The third kappa shape index (κ3) is 1.33. The molecule has 0 amide bonds. The van der Waals surface area contributed by atoms with Crippen LogP contribution in [0.3, 0.4) is 0 Å². The molecule has 3 aliphatic rings. The van der Waals surface area contributed by atoms with Crippen LogP contribution in [0.5, 0.6) is 0 Å². The number of carbonyl (C=O) groups is 1. The van der Waals surface area contributed by atoms with Crippen LogP contribution in [0.4, 0.5) is 0 Å². The molecule has 1 heterocycles. The second-order valence-corrected chi connectivity index (χ2v) is 6.80. The molecule has 0 aromatic carbocycles. The summed E-state index contributed by atoms with van der Waals surface area (Å²) in [5.41, 5.74) is 1.21. The predicted octanol–water partition coefficient (Wildman–Crippen LogP) is 2.69. The topological polar surface area (TPSA) is 29.1 Å². The van der Waals surface area contributed by atoms with E-state index in [9.17, 15) is 4.79 Å². The third-order valence-electron chi connectivity index (χ3n) is 5.84. The van der Waals surface area contributed by atoms with Crippen molar-refractivity contribution in [2.75, 3.05) is 6.54 Å². The standard InChI is InChI=1S/C15H23NO/c1-14(2)12-6-7-15(14,3)13(17)11(12)9-10-5-4-8-16-10/h9-10,12,16H,4-8H2,1-3H3/b11-9+/t10-,12-,15+/m0/s1. The Bertz CT molecular complexity index is 390. The van der Waals surface area contributed by atoms with E-state index in [2.05, 4.69) is 32.2 Å². The molecular weight excluding hydrogens is 210 g/mol. The average molecular weight is 233 g/mol. The molecule has 3 atom stereocenters. The van der Waals surface area contributed by atoms with Gasteiger partial charge in [-0.1, -0.05) is 26.8 Å². The van der Waals surface area contributed by atoms with Crippen LogP contribution in [0.15, 0.2) is 11.6 Å². The molecule has 3 fully saturated rings. The summed E-state index contributed by atoms with van der Waals surface area (Å²) in [6.45, 7) is 7.85. The lowest BCUT2D eigenvalue weighted by atomic mass is 9.70. The fourth-order valence-electron chi connectivity index (χ4n) is 4.19. The van der Waals surface area contributed by atoms with E-state index in [4.69, 9.17) is 0 Å². The molecular formula is C15H23NO. The molecule has 2 bridgehead atoms. The monoisotopic (exact) mass is 233 g/mol. The SMILES string of the molecule is CC1(C)[C@H]2CC[C@]1(C)C(=O)/C2=C/[C@@H]1CCCN1. The zero-order chi connectivity index (χ0) is 12.3. The highest BCUT2D eigenvalue weighted by molar-refractivity contribution is 6.04. The Morgan fingerprint density at radius 2 is 2.06 bits per heavy atom. The predicted molar refractivity (Wildman–Crippen MR) is 68.7 cm³/mol. The maximum atomic E-state index is 12.6. The van der Waals surface area contributed by atoms with E-state index in [1.54, 1.807) is 0 Å². The molecule has 17 heavy (non-hydrogen) atoms. The van der Waals surface area contributed by atoms with Gasteiger partial charge in [0.05, 0.1) is 0 Å². The Hall–Kier alpha value is -0.630. The number of Topliss-reactive ketones (excluding diaryl/α,β-unsaturated/α-hetero) is 1. The highest BCUT2D eigenvalue weighted by atomic mass is 16.1. The smallest absolute Gasteiger partial charge is 0.165 e. The lowest BCUT2D eigenvalue weighted by molar-refractivity contribution is -0.125. The maximum absolute atomic E-state index is 12.6. The highest BCUT2D eigenvalue weighted by Crippen LogP contribution is 2.65. The van der Waals surface area contributed by atoms with E-state index >= 15 is 0 Å². The zero-order valence-electron chi connectivity index (χ0n) is 11.2. The molecule has 0 radical (unpaired) electrons. The summed E-state index contributed by atoms with van der Waals surface area (Å²) < 4.78 is 0. The van der Waals surface area contributed by atoms with Crippen LogP contribution in [-0.4, -0.2) is 18.4 Å². The molecule has 2 nitrogen and oxygen atoms in total. The lowest BCUT2D eigenvalue weighted by Crippen LogP contribution is -2.32. The number of fused-ring (bicyclic) bond motifs is 2. The van der Waals surface area contributed by atoms with Crippen molar-refractivity contribution in [2.24, 2.45) is 16.7 Å². The van der Waals surface area contributed by atoms with Crippen LogP contribution in [-0.2, 0) is 4.79 Å². The summed E-state index contributed by atoms with van der Waals surface area (Å²) in [6.07, 6.45) is 6.98. The van der Waals surface area contributed by atoms with Gasteiger partial charge in [-0.15, -0.1) is 0 Å². The number of nitrogens with one attached hydrogen (secondary N) is 1. The van der Waals surface area contributed by atoms with Gasteiger partial charge in [0.2, 0.25) is 0 Å². The summed E-state index contributed by atoms with van der Waals surface area (Å²) in [6, 6.07) is 0.452. The highest BCUT2D eigenvalue weighted by Gasteiger charge is 2.63. The van der Waals surface area contributed by atoms with Crippen molar-refractivity contribution in [1.29, 1.82) is 0 Å². The van der Waals surface area contributed by atoms with Crippen molar-refractivity contribution >= 4 is 5.78 Å². The minimum atomic E-state index is -0.0951. The second kappa shape index (κ2) is 3.44. The lowest BCUT2D eigenvalue weighted by Gasteiger charge is -2.31. The van der Waals surface area contributed by atoms with Gasteiger partial charge >= 0.3 is 0 Å². The normalized spacial score (nSPS) is 46.1. The molecule has 94 valence electrons. The van der Waals surface area contributed by atoms with E-state index in [0.717, 1.165) is 18.5 Å². The van der Waals surface area contributed by atoms with Crippen LogP contribution in [0.25, 0.3) is 0 Å². The largest absolute Gasteiger partial charge is 0.310 e. The molecule has 1 N–H and O–H groups in total. The van der Waals surface area contributed by atoms with Crippen LogP contribution in [0.1, 0.15) is 46.5 Å². The quantitative estimate of drug-likeness (QED) is 0.706. The number of hydrogen-bond donors (Lipinski definition) is 1. The third-order valence-corrected chi connectivity index (χ3v) is 5.84. The number of allylic oxidation sites excluding steroid dienone is 1. The number of hydrogen-bond acceptors (Lipinski definition) is 2. The molecule has 2 saturated carbocycles. The van der Waals surface area contributed by atoms with Gasteiger partial charge in [-0.2, -0.15) is 0 Å².